The van der Waals surface area contributed by atoms with Crippen LogP contribution in [0.25, 0.3) is 0 Å². The molecule has 0 spiro atoms. The Hall–Kier alpha value is -0.250. The van der Waals surface area contributed by atoms with Crippen LogP contribution in [-0.2, 0) is 14.9 Å². The van der Waals surface area contributed by atoms with Crippen LogP contribution in [0.4, 0.5) is 0 Å². The van der Waals surface area contributed by atoms with Gasteiger partial charge in [-0.2, -0.15) is 17.0 Å². The molecule has 2 heterocycles. The van der Waals surface area contributed by atoms with E-state index in [1.807, 2.05) is 7.05 Å². The van der Waals surface area contributed by atoms with Crippen molar-refractivity contribution in [3.05, 3.63) is 0 Å². The second-order valence-corrected chi connectivity index (χ2v) is 7.37. The number of likely N-dealkylation sites (N-methyl/N-ethyl adjacent to an activating group) is 1. The average Bonchev–Trinajstić information content (AvgIpc) is 2.46. The summed E-state index contributed by atoms with van der Waals surface area (Å²) >= 11 is 0. The molecular weight excluding hydrogens is 280 g/mol. The van der Waals surface area contributed by atoms with Crippen LogP contribution in [0.1, 0.15) is 0 Å². The van der Waals surface area contributed by atoms with Gasteiger partial charge < -0.3 is 9.64 Å². The minimum Gasteiger partial charge on any atom is -0.383 e. The Morgan fingerprint density at radius 3 is 1.90 bits per heavy atom. The van der Waals surface area contributed by atoms with Crippen molar-refractivity contribution >= 4 is 10.2 Å². The molecule has 0 radical (unpaired) electrons. The summed E-state index contributed by atoms with van der Waals surface area (Å²) < 4.78 is 33.4. The first kappa shape index (κ1) is 16.1. The fraction of sp³-hybridized carbons (Fsp3) is 1.00. The van der Waals surface area contributed by atoms with Gasteiger partial charge in [0.15, 0.2) is 0 Å². The van der Waals surface area contributed by atoms with E-state index in [0.29, 0.717) is 32.8 Å². The zero-order chi connectivity index (χ0) is 14.6. The molecule has 8 heteroatoms. The summed E-state index contributed by atoms with van der Waals surface area (Å²) in [4.78, 5) is 4.41. The zero-order valence-corrected chi connectivity index (χ0v) is 13.3. The molecule has 0 amide bonds. The molecule has 0 aromatic carbocycles. The van der Waals surface area contributed by atoms with Crippen LogP contribution in [0.2, 0.25) is 0 Å². The lowest BCUT2D eigenvalue weighted by Crippen LogP contribution is -2.56. The Balaban J connectivity index is 1.85. The van der Waals surface area contributed by atoms with E-state index in [1.54, 1.807) is 15.7 Å². The number of methoxy groups -OCH3 is 1. The van der Waals surface area contributed by atoms with Crippen molar-refractivity contribution in [2.75, 3.05) is 79.7 Å². The highest BCUT2D eigenvalue weighted by atomic mass is 32.2. The standard InChI is InChI=1S/C12H26N4O3S/c1-13-3-7-15(8-4-13)20(17,18)16-9-5-14(6-10-16)11-12-19-2/h3-12H2,1-2H3. The monoisotopic (exact) mass is 306 g/mol. The van der Waals surface area contributed by atoms with Crippen molar-refractivity contribution in [1.82, 2.24) is 18.4 Å². The van der Waals surface area contributed by atoms with Gasteiger partial charge in [0.25, 0.3) is 10.2 Å². The molecule has 0 atom stereocenters. The van der Waals surface area contributed by atoms with Gasteiger partial charge in [-0.05, 0) is 7.05 Å². The molecule has 118 valence electrons. The normalized spacial score (nSPS) is 25.1. The minimum atomic E-state index is -3.27. The summed E-state index contributed by atoms with van der Waals surface area (Å²) in [6, 6.07) is 0. The van der Waals surface area contributed by atoms with E-state index in [1.165, 1.54) is 0 Å². The molecule has 2 saturated heterocycles. The third-order valence-electron chi connectivity index (χ3n) is 4.06. The van der Waals surface area contributed by atoms with E-state index in [4.69, 9.17) is 4.74 Å². The number of hydrogen-bond acceptors (Lipinski definition) is 5. The fourth-order valence-corrected chi connectivity index (χ4v) is 4.16. The predicted molar refractivity (Wildman–Crippen MR) is 77.9 cm³/mol. The van der Waals surface area contributed by atoms with Crippen LogP contribution in [0.3, 0.4) is 0 Å². The smallest absolute Gasteiger partial charge is 0.282 e. The molecule has 2 aliphatic rings. The lowest BCUT2D eigenvalue weighted by Gasteiger charge is -2.39. The Morgan fingerprint density at radius 2 is 1.40 bits per heavy atom. The van der Waals surface area contributed by atoms with Crippen LogP contribution >= 0.6 is 0 Å². The maximum Gasteiger partial charge on any atom is 0.282 e. The largest absolute Gasteiger partial charge is 0.383 e. The quantitative estimate of drug-likeness (QED) is 0.635. The third kappa shape index (κ3) is 3.90. The molecule has 0 bridgehead atoms. The van der Waals surface area contributed by atoms with Crippen molar-refractivity contribution in [3.63, 3.8) is 0 Å². The van der Waals surface area contributed by atoms with E-state index in [9.17, 15) is 8.42 Å². The number of hydrogen-bond donors (Lipinski definition) is 0. The molecule has 2 aliphatic heterocycles. The summed E-state index contributed by atoms with van der Waals surface area (Å²) in [5.74, 6) is 0. The highest BCUT2D eigenvalue weighted by molar-refractivity contribution is 7.86. The van der Waals surface area contributed by atoms with Gasteiger partial charge in [0.1, 0.15) is 0 Å². The minimum absolute atomic E-state index is 0.582. The molecule has 2 rings (SSSR count). The molecule has 0 saturated carbocycles. The van der Waals surface area contributed by atoms with Gasteiger partial charge in [-0.3, -0.25) is 4.90 Å². The number of ether oxygens (including phenoxy) is 1. The van der Waals surface area contributed by atoms with Crippen LogP contribution < -0.4 is 0 Å². The first-order chi connectivity index (χ1) is 9.54. The summed E-state index contributed by atoms with van der Waals surface area (Å²) in [6.45, 7) is 7.14. The van der Waals surface area contributed by atoms with E-state index in [-0.39, 0.29) is 0 Å². The van der Waals surface area contributed by atoms with Crippen molar-refractivity contribution in [1.29, 1.82) is 0 Å². The molecule has 0 aliphatic carbocycles. The van der Waals surface area contributed by atoms with Crippen LogP contribution in [0.15, 0.2) is 0 Å². The van der Waals surface area contributed by atoms with Gasteiger partial charge in [-0.25, -0.2) is 0 Å². The SMILES string of the molecule is COCCN1CCN(S(=O)(=O)N2CCN(C)CC2)CC1. The molecule has 0 unspecified atom stereocenters. The van der Waals surface area contributed by atoms with Crippen molar-refractivity contribution in [2.24, 2.45) is 0 Å². The van der Waals surface area contributed by atoms with Gasteiger partial charge in [0, 0.05) is 66.0 Å². The lowest BCUT2D eigenvalue weighted by molar-refractivity contribution is 0.119. The maximum absolute atomic E-state index is 12.6. The van der Waals surface area contributed by atoms with Crippen LogP contribution in [-0.4, -0.2) is 106 Å². The average molecular weight is 306 g/mol. The van der Waals surface area contributed by atoms with Gasteiger partial charge in [0.05, 0.1) is 6.61 Å². The lowest BCUT2D eigenvalue weighted by atomic mass is 10.4. The Kier molecular flexibility index (Phi) is 5.76. The number of rotatable bonds is 5. The van der Waals surface area contributed by atoms with Crippen LogP contribution in [0, 0.1) is 0 Å². The first-order valence-corrected chi connectivity index (χ1v) is 8.59. The highest BCUT2D eigenvalue weighted by Gasteiger charge is 2.33. The van der Waals surface area contributed by atoms with Crippen molar-refractivity contribution in [3.8, 4) is 0 Å². The molecule has 0 N–H and O–H groups in total. The molecule has 0 aromatic rings. The molecule has 7 nitrogen and oxygen atoms in total. The predicted octanol–water partition coefficient (Wildman–Crippen LogP) is -1.26. The second-order valence-electron chi connectivity index (χ2n) is 5.44. The van der Waals surface area contributed by atoms with E-state index < -0.39 is 10.2 Å². The fourth-order valence-electron chi connectivity index (χ4n) is 2.59. The summed E-state index contributed by atoms with van der Waals surface area (Å²) in [6.07, 6.45) is 0. The summed E-state index contributed by atoms with van der Waals surface area (Å²) in [5, 5.41) is 0. The molecular formula is C12H26N4O3S. The van der Waals surface area contributed by atoms with E-state index in [0.717, 1.165) is 32.7 Å². The van der Waals surface area contributed by atoms with Gasteiger partial charge in [-0.15, -0.1) is 0 Å². The van der Waals surface area contributed by atoms with Crippen molar-refractivity contribution < 1.29 is 13.2 Å². The zero-order valence-electron chi connectivity index (χ0n) is 12.5. The van der Waals surface area contributed by atoms with Gasteiger partial charge in [-0.1, -0.05) is 0 Å². The van der Waals surface area contributed by atoms with Crippen molar-refractivity contribution in [2.45, 2.75) is 0 Å². The van der Waals surface area contributed by atoms with Gasteiger partial charge in [0.2, 0.25) is 0 Å². The molecule has 2 fully saturated rings. The van der Waals surface area contributed by atoms with E-state index in [2.05, 4.69) is 9.80 Å². The van der Waals surface area contributed by atoms with E-state index >= 15 is 0 Å². The second kappa shape index (κ2) is 7.15. The third-order valence-corrected chi connectivity index (χ3v) is 6.09. The number of piperazine rings is 2. The Morgan fingerprint density at radius 1 is 0.900 bits per heavy atom. The Labute approximate surface area is 122 Å². The molecule has 20 heavy (non-hydrogen) atoms. The molecule has 0 aromatic heterocycles. The topological polar surface area (TPSA) is 56.3 Å². The Bertz CT molecular complexity index is 388. The summed E-state index contributed by atoms with van der Waals surface area (Å²) in [5.41, 5.74) is 0. The van der Waals surface area contributed by atoms with Crippen LogP contribution in [0.5, 0.6) is 0 Å². The first-order valence-electron chi connectivity index (χ1n) is 7.19. The number of nitrogens with zero attached hydrogens (tertiary/aromatic N) is 4. The summed E-state index contributed by atoms with van der Waals surface area (Å²) in [7, 11) is 0.445. The van der Waals surface area contributed by atoms with Gasteiger partial charge >= 0.3 is 0 Å². The highest BCUT2D eigenvalue weighted by Crippen LogP contribution is 2.14. The maximum atomic E-state index is 12.6.